The van der Waals surface area contributed by atoms with Gasteiger partial charge < -0.3 is 37.2 Å². The van der Waals surface area contributed by atoms with E-state index < -0.39 is 17.6 Å². The molecular formula is C21H49N3O6Si2. The fourth-order valence-corrected chi connectivity index (χ4v) is 8.64. The summed E-state index contributed by atoms with van der Waals surface area (Å²) in [5, 5.41) is 0. The monoisotopic (exact) mass is 495 g/mol. The average Bonchev–Trinajstić information content (AvgIpc) is 3.27. The Balaban J connectivity index is 0.000000622. The van der Waals surface area contributed by atoms with Gasteiger partial charge in [-0.2, -0.15) is 0 Å². The van der Waals surface area contributed by atoms with Gasteiger partial charge in [-0.15, -0.1) is 0 Å². The van der Waals surface area contributed by atoms with E-state index in [9.17, 15) is 0 Å². The fraction of sp³-hybridized carbons (Fsp3) is 0.952. The second-order valence-electron chi connectivity index (χ2n) is 7.02. The first-order valence-corrected chi connectivity index (χ1v) is 16.1. The maximum atomic E-state index is 5.82. The molecule has 0 radical (unpaired) electrons. The average molecular weight is 496 g/mol. The molecule has 0 spiro atoms. The summed E-state index contributed by atoms with van der Waals surface area (Å²) >= 11 is 0. The second-order valence-corrected chi connectivity index (χ2v) is 12.5. The minimum atomic E-state index is -2.44. The number of rotatable bonds is 19. The summed E-state index contributed by atoms with van der Waals surface area (Å²) in [5.74, 6) is 0. The van der Waals surface area contributed by atoms with E-state index in [4.69, 9.17) is 32.3 Å². The lowest BCUT2D eigenvalue weighted by Crippen LogP contribution is -2.46. The highest BCUT2D eigenvalue weighted by Crippen LogP contribution is 2.19. The van der Waals surface area contributed by atoms with Crippen LogP contribution in [0.2, 0.25) is 12.1 Å². The summed E-state index contributed by atoms with van der Waals surface area (Å²) in [6, 6.07) is 1.70. The van der Waals surface area contributed by atoms with Crippen LogP contribution in [0.4, 0.5) is 0 Å². The molecule has 0 aromatic carbocycles. The molecule has 1 aliphatic heterocycles. The molecule has 1 heterocycles. The summed E-state index contributed by atoms with van der Waals surface area (Å²) in [6.45, 7) is 19.3. The van der Waals surface area contributed by atoms with Gasteiger partial charge in [0.2, 0.25) is 0 Å². The number of hydrogen-bond acceptors (Lipinski definition) is 9. The van der Waals surface area contributed by atoms with E-state index in [1.165, 1.54) is 0 Å². The first-order valence-electron chi connectivity index (χ1n) is 12.3. The molecule has 0 aliphatic carbocycles. The van der Waals surface area contributed by atoms with Crippen molar-refractivity contribution in [2.45, 2.75) is 66.5 Å². The van der Waals surface area contributed by atoms with E-state index in [1.54, 1.807) is 0 Å². The van der Waals surface area contributed by atoms with Crippen molar-refractivity contribution in [3.63, 3.8) is 0 Å². The van der Waals surface area contributed by atoms with Gasteiger partial charge >= 0.3 is 17.6 Å². The molecule has 9 nitrogen and oxygen atoms in total. The minimum absolute atomic E-state index is 0.636. The van der Waals surface area contributed by atoms with Crippen molar-refractivity contribution in [3.05, 3.63) is 0 Å². The molecule has 0 bridgehead atoms. The normalized spacial score (nSPS) is 14.0. The van der Waals surface area contributed by atoms with Crippen LogP contribution in [0.5, 0.6) is 0 Å². The van der Waals surface area contributed by atoms with E-state index in [-0.39, 0.29) is 0 Å². The number of nitrogens with zero attached hydrogens (tertiary/aromatic N) is 2. The summed E-state index contributed by atoms with van der Waals surface area (Å²) < 4.78 is 34.4. The topological polar surface area (TPSA) is 97.0 Å². The molecule has 11 heteroatoms. The minimum Gasteiger partial charge on any atom is -0.374 e. The Labute approximate surface area is 198 Å². The Kier molecular flexibility index (Phi) is 19.8. The number of nitrogens with two attached hydrogens (primary N) is 1. The van der Waals surface area contributed by atoms with Crippen LogP contribution in [0.3, 0.4) is 0 Å². The zero-order valence-electron chi connectivity index (χ0n) is 21.4. The maximum Gasteiger partial charge on any atom is 0.500 e. The molecule has 0 atom stereocenters. The number of aliphatic imine (C=N–C) groups is 1. The maximum absolute atomic E-state index is 5.82. The van der Waals surface area contributed by atoms with E-state index in [2.05, 4.69) is 9.89 Å². The van der Waals surface area contributed by atoms with Crippen LogP contribution in [0.1, 0.15) is 54.4 Å². The van der Waals surface area contributed by atoms with Gasteiger partial charge in [0.15, 0.2) is 0 Å². The first-order chi connectivity index (χ1) is 15.5. The van der Waals surface area contributed by atoms with E-state index >= 15 is 0 Å². The molecule has 0 saturated heterocycles. The van der Waals surface area contributed by atoms with Gasteiger partial charge in [0.1, 0.15) is 0 Å². The van der Waals surface area contributed by atoms with Crippen molar-refractivity contribution in [1.29, 1.82) is 0 Å². The van der Waals surface area contributed by atoms with E-state index in [0.29, 0.717) is 46.2 Å². The zero-order valence-corrected chi connectivity index (χ0v) is 23.4. The Morgan fingerprint density at radius 1 is 0.719 bits per heavy atom. The molecule has 0 aromatic heterocycles. The first kappa shape index (κ1) is 31.6. The lowest BCUT2D eigenvalue weighted by atomic mass is 10.4. The van der Waals surface area contributed by atoms with Crippen molar-refractivity contribution >= 4 is 23.9 Å². The molecule has 0 aromatic rings. The Morgan fingerprint density at radius 2 is 1.12 bits per heavy atom. The van der Waals surface area contributed by atoms with Gasteiger partial charge in [-0.25, -0.2) is 0 Å². The van der Waals surface area contributed by atoms with Crippen molar-refractivity contribution in [1.82, 2.24) is 4.90 Å². The third-order valence-electron chi connectivity index (χ3n) is 4.56. The van der Waals surface area contributed by atoms with Gasteiger partial charge in [0.25, 0.3) is 0 Å². The summed E-state index contributed by atoms with van der Waals surface area (Å²) in [6.07, 6.45) is 3.86. The molecule has 2 N–H and O–H groups in total. The zero-order chi connectivity index (χ0) is 24.1. The summed E-state index contributed by atoms with van der Waals surface area (Å²) in [4.78, 5) is 6.45. The van der Waals surface area contributed by atoms with E-state index in [1.807, 2.05) is 47.9 Å². The standard InChI is InChI=1S/C12H26N2O3Si.C9H23NO3Si/c1-4-15-18(16-5-2,17-6-3)11-7-9-14-10-8-13-12-14;1-4-11-14(12-5-2,13-6-3)9-7-8-10/h12H,4-11H2,1-3H3;4-10H2,1-3H3. The highest BCUT2D eigenvalue weighted by Gasteiger charge is 2.40. The molecule has 0 amide bonds. The molecule has 1 aliphatic rings. The van der Waals surface area contributed by atoms with Crippen LogP contribution < -0.4 is 5.73 Å². The SMILES string of the molecule is CCO[Si](CCCN)(OCC)OCC.CCO[Si](CCCN1C=NCC1)(OCC)OCC. The van der Waals surface area contributed by atoms with Gasteiger partial charge in [-0.05, 0) is 60.9 Å². The predicted molar refractivity (Wildman–Crippen MR) is 134 cm³/mol. The quantitative estimate of drug-likeness (QED) is 0.273. The fourth-order valence-electron chi connectivity index (χ4n) is 3.41. The largest absolute Gasteiger partial charge is 0.500 e. The molecule has 0 fully saturated rings. The summed E-state index contributed by atoms with van der Waals surface area (Å²) in [5.41, 5.74) is 5.48. The molecule has 0 unspecified atom stereocenters. The van der Waals surface area contributed by atoms with Crippen LogP contribution >= 0.6 is 0 Å². The van der Waals surface area contributed by atoms with Crippen molar-refractivity contribution in [2.75, 3.05) is 65.8 Å². The summed E-state index contributed by atoms with van der Waals surface area (Å²) in [7, 11) is -4.84. The van der Waals surface area contributed by atoms with Crippen LogP contribution in [0, 0.1) is 0 Å². The van der Waals surface area contributed by atoms with Gasteiger partial charge in [0, 0.05) is 64.8 Å². The molecule has 192 valence electrons. The molecular weight excluding hydrogens is 446 g/mol. The second kappa shape index (κ2) is 20.0. The van der Waals surface area contributed by atoms with Gasteiger partial charge in [-0.1, -0.05) is 0 Å². The third kappa shape index (κ3) is 13.4. The number of hydrogen-bond donors (Lipinski definition) is 1. The Hall–Kier alpha value is -0.376. The van der Waals surface area contributed by atoms with Crippen molar-refractivity contribution in [2.24, 2.45) is 10.7 Å². The Morgan fingerprint density at radius 3 is 1.44 bits per heavy atom. The van der Waals surface area contributed by atoms with Crippen molar-refractivity contribution in [3.8, 4) is 0 Å². The van der Waals surface area contributed by atoms with Gasteiger partial charge in [-0.3, -0.25) is 4.99 Å². The van der Waals surface area contributed by atoms with Crippen LogP contribution in [0.15, 0.2) is 4.99 Å². The lowest BCUT2D eigenvalue weighted by Gasteiger charge is -2.29. The lowest BCUT2D eigenvalue weighted by molar-refractivity contribution is 0.0699. The van der Waals surface area contributed by atoms with E-state index in [0.717, 1.165) is 44.6 Å². The Bertz CT molecular complexity index is 429. The highest BCUT2D eigenvalue weighted by atomic mass is 28.4. The smallest absolute Gasteiger partial charge is 0.374 e. The molecule has 32 heavy (non-hydrogen) atoms. The molecule has 0 saturated carbocycles. The van der Waals surface area contributed by atoms with Gasteiger partial charge in [0.05, 0.1) is 12.9 Å². The molecule has 1 rings (SSSR count). The van der Waals surface area contributed by atoms with Crippen LogP contribution in [0.25, 0.3) is 0 Å². The van der Waals surface area contributed by atoms with Crippen LogP contribution in [-0.2, 0) is 26.6 Å². The van der Waals surface area contributed by atoms with Crippen molar-refractivity contribution < 1.29 is 26.6 Å². The third-order valence-corrected chi connectivity index (χ3v) is 10.9. The highest BCUT2D eigenvalue weighted by molar-refractivity contribution is 6.61. The predicted octanol–water partition coefficient (Wildman–Crippen LogP) is 3.15. The van der Waals surface area contributed by atoms with Crippen LogP contribution in [-0.4, -0.2) is 94.7 Å².